The van der Waals surface area contributed by atoms with Gasteiger partial charge in [0.2, 0.25) is 12.3 Å². The minimum Gasteiger partial charge on any atom is -0.348 e. The summed E-state index contributed by atoms with van der Waals surface area (Å²) in [5, 5.41) is 8.76. The van der Waals surface area contributed by atoms with Crippen molar-refractivity contribution in [1.29, 1.82) is 0 Å². The standard InChI is InChI=1S/C19H25N3O2S/c1-13(21-19(24)18-3-2-10-22(18)12-23)17-9-8-16(25-20)11-15(17)7-6-14-4-5-14/h6-9,11-14,18H,2-5,10,20H2,1H3,(H,21,24)/b7-6+. The van der Waals surface area contributed by atoms with Crippen LogP contribution in [0.4, 0.5) is 0 Å². The molecule has 1 aliphatic heterocycles. The van der Waals surface area contributed by atoms with E-state index >= 15 is 0 Å². The summed E-state index contributed by atoms with van der Waals surface area (Å²) < 4.78 is 0. The third-order valence-electron chi connectivity index (χ3n) is 4.92. The number of benzene rings is 1. The molecule has 3 rings (SSSR count). The Morgan fingerprint density at radius 1 is 1.40 bits per heavy atom. The highest BCUT2D eigenvalue weighted by atomic mass is 32.2. The summed E-state index contributed by atoms with van der Waals surface area (Å²) in [6.07, 6.45) is 9.28. The molecule has 2 amide bonds. The Kier molecular flexibility index (Phi) is 5.81. The van der Waals surface area contributed by atoms with Crippen molar-refractivity contribution >= 4 is 30.3 Å². The van der Waals surface area contributed by atoms with E-state index in [2.05, 4.69) is 23.5 Å². The molecule has 2 unspecified atom stereocenters. The van der Waals surface area contributed by atoms with Gasteiger partial charge in [0.25, 0.3) is 0 Å². The number of likely N-dealkylation sites (tertiary alicyclic amines) is 1. The molecule has 0 aromatic heterocycles. The summed E-state index contributed by atoms with van der Waals surface area (Å²) >= 11 is 1.22. The third kappa shape index (κ3) is 4.44. The molecule has 1 saturated carbocycles. The third-order valence-corrected chi connectivity index (χ3v) is 5.45. The van der Waals surface area contributed by atoms with Gasteiger partial charge in [0, 0.05) is 11.4 Å². The van der Waals surface area contributed by atoms with Gasteiger partial charge in [0.15, 0.2) is 0 Å². The Morgan fingerprint density at radius 2 is 2.20 bits per heavy atom. The predicted octanol–water partition coefficient (Wildman–Crippen LogP) is 2.87. The van der Waals surface area contributed by atoms with Crippen LogP contribution in [0.2, 0.25) is 0 Å². The smallest absolute Gasteiger partial charge is 0.243 e. The lowest BCUT2D eigenvalue weighted by Crippen LogP contribution is -2.43. The van der Waals surface area contributed by atoms with E-state index in [1.165, 1.54) is 24.8 Å². The van der Waals surface area contributed by atoms with Crippen LogP contribution in [0, 0.1) is 5.92 Å². The topological polar surface area (TPSA) is 75.4 Å². The fourth-order valence-corrected chi connectivity index (χ4v) is 3.62. The molecule has 0 radical (unpaired) electrons. The van der Waals surface area contributed by atoms with Crippen LogP contribution in [-0.4, -0.2) is 29.8 Å². The Hall–Kier alpha value is -1.79. The fraction of sp³-hybridized carbons (Fsp3) is 0.474. The average Bonchev–Trinajstić information content (AvgIpc) is 3.33. The SMILES string of the molecule is CC(NC(=O)C1CCCN1C=O)c1ccc(SN)cc1/C=C/C1CC1. The van der Waals surface area contributed by atoms with Crippen molar-refractivity contribution < 1.29 is 9.59 Å². The van der Waals surface area contributed by atoms with Crippen LogP contribution in [0.5, 0.6) is 0 Å². The van der Waals surface area contributed by atoms with Gasteiger partial charge in [-0.15, -0.1) is 0 Å². The first kappa shape index (κ1) is 18.0. The van der Waals surface area contributed by atoms with Crippen molar-refractivity contribution in [2.45, 2.75) is 49.6 Å². The highest BCUT2D eigenvalue weighted by molar-refractivity contribution is 7.97. The first-order chi connectivity index (χ1) is 12.1. The van der Waals surface area contributed by atoms with E-state index in [1.54, 1.807) is 4.90 Å². The molecule has 1 aromatic carbocycles. The average molecular weight is 359 g/mol. The largest absolute Gasteiger partial charge is 0.348 e. The summed E-state index contributed by atoms with van der Waals surface area (Å²) in [7, 11) is 0. The molecule has 3 N–H and O–H groups in total. The van der Waals surface area contributed by atoms with Crippen LogP contribution in [0.1, 0.15) is 49.8 Å². The normalized spacial score (nSPS) is 21.5. The van der Waals surface area contributed by atoms with Crippen LogP contribution in [0.25, 0.3) is 6.08 Å². The molecule has 25 heavy (non-hydrogen) atoms. The maximum absolute atomic E-state index is 12.6. The maximum Gasteiger partial charge on any atom is 0.243 e. The van der Waals surface area contributed by atoms with Crippen molar-refractivity contribution in [3.8, 4) is 0 Å². The highest BCUT2D eigenvalue weighted by Crippen LogP contribution is 2.32. The second-order valence-corrected chi connectivity index (χ2v) is 7.54. The van der Waals surface area contributed by atoms with Crippen LogP contribution in [0.15, 0.2) is 29.2 Å². The molecular weight excluding hydrogens is 334 g/mol. The number of carbonyl (C=O) groups is 2. The minimum atomic E-state index is -0.343. The van der Waals surface area contributed by atoms with E-state index in [1.807, 2.05) is 19.1 Å². The summed E-state index contributed by atoms with van der Waals surface area (Å²) in [6, 6.07) is 5.60. The zero-order valence-corrected chi connectivity index (χ0v) is 15.3. The first-order valence-electron chi connectivity index (χ1n) is 8.82. The van der Waals surface area contributed by atoms with Crippen molar-refractivity contribution in [2.75, 3.05) is 6.54 Å². The van der Waals surface area contributed by atoms with E-state index in [4.69, 9.17) is 5.14 Å². The number of hydrogen-bond acceptors (Lipinski definition) is 4. The Bertz CT molecular complexity index is 673. The number of allylic oxidation sites excluding steroid dienone is 1. The molecule has 2 aliphatic rings. The molecule has 1 heterocycles. The molecule has 0 bridgehead atoms. The molecule has 5 nitrogen and oxygen atoms in total. The lowest BCUT2D eigenvalue weighted by atomic mass is 10.00. The Labute approximate surface area is 153 Å². The van der Waals surface area contributed by atoms with E-state index < -0.39 is 0 Å². The van der Waals surface area contributed by atoms with Gasteiger partial charge in [-0.25, -0.2) is 0 Å². The van der Waals surface area contributed by atoms with Crippen LogP contribution < -0.4 is 10.5 Å². The Morgan fingerprint density at radius 3 is 2.88 bits per heavy atom. The van der Waals surface area contributed by atoms with Gasteiger partial charge in [-0.3, -0.25) is 14.7 Å². The fourth-order valence-electron chi connectivity index (χ4n) is 3.28. The summed E-state index contributed by atoms with van der Waals surface area (Å²) in [5.74, 6) is 0.609. The number of hydrogen-bond donors (Lipinski definition) is 2. The van der Waals surface area contributed by atoms with Gasteiger partial charge in [-0.05, 0) is 73.7 Å². The van der Waals surface area contributed by atoms with Gasteiger partial charge in [0.1, 0.15) is 6.04 Å². The number of carbonyl (C=O) groups excluding carboxylic acids is 2. The quantitative estimate of drug-likeness (QED) is 0.580. The summed E-state index contributed by atoms with van der Waals surface area (Å²) in [6.45, 7) is 2.64. The van der Waals surface area contributed by atoms with Crippen LogP contribution in [-0.2, 0) is 9.59 Å². The number of nitrogens with one attached hydrogen (secondary N) is 1. The van der Waals surface area contributed by atoms with Crippen LogP contribution >= 0.6 is 11.9 Å². The van der Waals surface area contributed by atoms with Gasteiger partial charge in [-0.2, -0.15) is 0 Å². The lowest BCUT2D eigenvalue weighted by Gasteiger charge is -2.23. The van der Waals surface area contributed by atoms with E-state index in [0.717, 1.165) is 35.3 Å². The summed E-state index contributed by atoms with van der Waals surface area (Å²) in [4.78, 5) is 26.2. The number of rotatable bonds is 7. The van der Waals surface area contributed by atoms with Crippen molar-refractivity contribution in [2.24, 2.45) is 11.1 Å². The molecule has 1 aliphatic carbocycles. The summed E-state index contributed by atoms with van der Waals surface area (Å²) in [5.41, 5.74) is 2.16. The molecule has 6 heteroatoms. The lowest BCUT2D eigenvalue weighted by molar-refractivity contribution is -0.131. The molecular formula is C19H25N3O2S. The zero-order chi connectivity index (χ0) is 17.8. The zero-order valence-electron chi connectivity index (χ0n) is 14.5. The molecule has 0 spiro atoms. The number of nitrogens with two attached hydrogens (primary N) is 1. The molecule has 2 atom stereocenters. The monoisotopic (exact) mass is 359 g/mol. The minimum absolute atomic E-state index is 0.0773. The van der Waals surface area contributed by atoms with Gasteiger partial charge >= 0.3 is 0 Å². The molecule has 1 saturated heterocycles. The molecule has 1 aromatic rings. The van der Waals surface area contributed by atoms with Crippen LogP contribution in [0.3, 0.4) is 0 Å². The van der Waals surface area contributed by atoms with E-state index in [0.29, 0.717) is 12.5 Å². The second-order valence-electron chi connectivity index (χ2n) is 6.84. The highest BCUT2D eigenvalue weighted by Gasteiger charge is 2.30. The number of amides is 2. The van der Waals surface area contributed by atoms with Gasteiger partial charge < -0.3 is 10.2 Å². The number of nitrogens with zero attached hydrogens (tertiary/aromatic N) is 1. The first-order valence-corrected chi connectivity index (χ1v) is 9.70. The van der Waals surface area contributed by atoms with Gasteiger partial charge in [-0.1, -0.05) is 18.2 Å². The van der Waals surface area contributed by atoms with E-state index in [9.17, 15) is 9.59 Å². The van der Waals surface area contributed by atoms with Crippen molar-refractivity contribution in [3.05, 3.63) is 35.4 Å². The van der Waals surface area contributed by atoms with E-state index in [-0.39, 0.29) is 18.0 Å². The maximum atomic E-state index is 12.6. The predicted molar refractivity (Wildman–Crippen MR) is 101 cm³/mol. The van der Waals surface area contributed by atoms with Gasteiger partial charge in [0.05, 0.1) is 6.04 Å². The van der Waals surface area contributed by atoms with Crippen molar-refractivity contribution in [1.82, 2.24) is 10.2 Å². The molecule has 2 fully saturated rings. The Balaban J connectivity index is 1.75. The van der Waals surface area contributed by atoms with Crippen molar-refractivity contribution in [3.63, 3.8) is 0 Å². The second kappa shape index (κ2) is 8.06. The molecule has 134 valence electrons.